The third kappa shape index (κ3) is 4.37. The van der Waals surface area contributed by atoms with E-state index in [0.29, 0.717) is 24.6 Å². The van der Waals surface area contributed by atoms with Crippen molar-refractivity contribution in [3.63, 3.8) is 0 Å². The summed E-state index contributed by atoms with van der Waals surface area (Å²) in [5.41, 5.74) is 3.05. The molecule has 0 aliphatic rings. The zero-order valence-corrected chi connectivity index (χ0v) is 15.4. The Balaban J connectivity index is 1.49. The average molecular weight is 372 g/mol. The van der Waals surface area contributed by atoms with E-state index in [-0.39, 0.29) is 6.03 Å². The van der Waals surface area contributed by atoms with Gasteiger partial charge in [-0.3, -0.25) is 0 Å². The van der Waals surface area contributed by atoms with Crippen molar-refractivity contribution >= 4 is 17.4 Å². The van der Waals surface area contributed by atoms with E-state index < -0.39 is 0 Å². The van der Waals surface area contributed by atoms with Gasteiger partial charge in [0.2, 0.25) is 0 Å². The number of urea groups is 1. The second kappa shape index (κ2) is 8.44. The van der Waals surface area contributed by atoms with E-state index in [1.807, 2.05) is 35.7 Å². The number of benzene rings is 1. The van der Waals surface area contributed by atoms with Crippen molar-refractivity contribution in [2.75, 3.05) is 14.2 Å². The van der Waals surface area contributed by atoms with Crippen LogP contribution in [0.2, 0.25) is 0 Å². The van der Waals surface area contributed by atoms with Gasteiger partial charge in [-0.15, -0.1) is 11.3 Å². The first kappa shape index (κ1) is 17.9. The summed E-state index contributed by atoms with van der Waals surface area (Å²) in [7, 11) is 3.17. The number of furan rings is 1. The lowest BCUT2D eigenvalue weighted by molar-refractivity contribution is 0.240. The van der Waals surface area contributed by atoms with Crippen LogP contribution in [0, 0.1) is 0 Å². The number of carbonyl (C=O) groups excluding carboxylic acids is 1. The second-order valence-electron chi connectivity index (χ2n) is 5.54. The lowest BCUT2D eigenvalue weighted by Gasteiger charge is -2.10. The highest BCUT2D eigenvalue weighted by atomic mass is 32.1. The van der Waals surface area contributed by atoms with Crippen LogP contribution in [0.1, 0.15) is 10.4 Å². The molecule has 0 saturated heterocycles. The van der Waals surface area contributed by atoms with Crippen LogP contribution in [0.15, 0.2) is 52.7 Å². The number of hydrogen-bond donors (Lipinski definition) is 2. The molecule has 2 N–H and O–H groups in total. The van der Waals surface area contributed by atoms with Crippen LogP contribution < -0.4 is 20.1 Å². The molecule has 0 spiro atoms. The molecule has 2 amide bonds. The Morgan fingerprint density at radius 2 is 1.85 bits per heavy atom. The van der Waals surface area contributed by atoms with Crippen LogP contribution in [0.4, 0.5) is 4.79 Å². The van der Waals surface area contributed by atoms with Gasteiger partial charge in [-0.1, -0.05) is 6.07 Å². The second-order valence-corrected chi connectivity index (χ2v) is 6.54. The molecule has 3 aromatic rings. The Morgan fingerprint density at radius 1 is 1.04 bits per heavy atom. The molecule has 1 aromatic carbocycles. The third-order valence-electron chi connectivity index (χ3n) is 3.83. The van der Waals surface area contributed by atoms with Gasteiger partial charge in [0.05, 0.1) is 33.3 Å². The summed E-state index contributed by atoms with van der Waals surface area (Å²) in [6, 6.07) is 9.28. The maximum absolute atomic E-state index is 12.0. The van der Waals surface area contributed by atoms with Gasteiger partial charge >= 0.3 is 6.03 Å². The molecule has 26 heavy (non-hydrogen) atoms. The molecule has 0 aliphatic carbocycles. The number of hydrogen-bond acceptors (Lipinski definition) is 5. The monoisotopic (exact) mass is 372 g/mol. The van der Waals surface area contributed by atoms with Crippen molar-refractivity contribution in [2.24, 2.45) is 0 Å². The Hall–Kier alpha value is -2.93. The largest absolute Gasteiger partial charge is 0.493 e. The van der Waals surface area contributed by atoms with E-state index in [4.69, 9.17) is 13.9 Å². The van der Waals surface area contributed by atoms with Gasteiger partial charge in [-0.05, 0) is 40.8 Å². The molecule has 0 aliphatic heterocycles. The van der Waals surface area contributed by atoms with Gasteiger partial charge in [0.25, 0.3) is 0 Å². The predicted octanol–water partition coefficient (Wildman–Crippen LogP) is 4.02. The molecule has 136 valence electrons. The first-order valence-electron chi connectivity index (χ1n) is 8.02. The SMILES string of the molecule is COc1ccc(CNC(=O)NCc2cc(-c3ccoc3)cs2)cc1OC. The average Bonchev–Trinajstić information content (AvgIpc) is 3.35. The summed E-state index contributed by atoms with van der Waals surface area (Å²) >= 11 is 1.60. The first-order chi connectivity index (χ1) is 12.7. The fraction of sp³-hybridized carbons (Fsp3) is 0.211. The Morgan fingerprint density at radius 3 is 2.58 bits per heavy atom. The summed E-state index contributed by atoms with van der Waals surface area (Å²) in [6.07, 6.45) is 3.35. The summed E-state index contributed by atoms with van der Waals surface area (Å²) in [5, 5.41) is 7.74. The number of rotatable bonds is 7. The lowest BCUT2D eigenvalue weighted by atomic mass is 10.2. The van der Waals surface area contributed by atoms with Crippen LogP contribution >= 0.6 is 11.3 Å². The molecule has 3 rings (SSSR count). The molecule has 0 fully saturated rings. The summed E-state index contributed by atoms with van der Waals surface area (Å²) < 4.78 is 15.6. The van der Waals surface area contributed by atoms with Crippen LogP contribution in [-0.2, 0) is 13.1 Å². The molecule has 0 radical (unpaired) electrons. The maximum Gasteiger partial charge on any atom is 0.315 e. The minimum atomic E-state index is -0.224. The van der Waals surface area contributed by atoms with Crippen molar-refractivity contribution in [1.29, 1.82) is 0 Å². The van der Waals surface area contributed by atoms with E-state index in [1.165, 1.54) is 0 Å². The van der Waals surface area contributed by atoms with E-state index in [9.17, 15) is 4.79 Å². The number of amides is 2. The molecular formula is C19H20N2O4S. The van der Waals surface area contributed by atoms with Gasteiger partial charge in [0, 0.05) is 17.0 Å². The molecule has 2 heterocycles. The quantitative estimate of drug-likeness (QED) is 0.657. The number of carbonyl (C=O) groups is 1. The lowest BCUT2D eigenvalue weighted by Crippen LogP contribution is -2.34. The zero-order chi connectivity index (χ0) is 18.4. The highest BCUT2D eigenvalue weighted by Gasteiger charge is 2.07. The minimum absolute atomic E-state index is 0.224. The number of thiophene rings is 1. The molecule has 0 saturated carbocycles. The van der Waals surface area contributed by atoms with Crippen molar-refractivity contribution in [2.45, 2.75) is 13.1 Å². The third-order valence-corrected chi connectivity index (χ3v) is 4.77. The fourth-order valence-electron chi connectivity index (χ4n) is 2.46. The van der Waals surface area contributed by atoms with Crippen molar-refractivity contribution in [3.05, 3.63) is 58.7 Å². The first-order valence-corrected chi connectivity index (χ1v) is 8.90. The highest BCUT2D eigenvalue weighted by molar-refractivity contribution is 7.10. The standard InChI is InChI=1S/C19H20N2O4S/c1-23-17-4-3-13(7-18(17)24-2)9-20-19(22)21-10-16-8-15(12-26-16)14-5-6-25-11-14/h3-8,11-12H,9-10H2,1-2H3,(H2,20,21,22). The number of methoxy groups -OCH3 is 2. The van der Waals surface area contributed by atoms with Crippen molar-refractivity contribution < 1.29 is 18.7 Å². The maximum atomic E-state index is 12.0. The van der Waals surface area contributed by atoms with Gasteiger partial charge < -0.3 is 24.5 Å². The number of ether oxygens (including phenoxy) is 2. The molecular weight excluding hydrogens is 352 g/mol. The normalized spacial score (nSPS) is 10.4. The van der Waals surface area contributed by atoms with E-state index in [2.05, 4.69) is 10.6 Å². The van der Waals surface area contributed by atoms with Gasteiger partial charge in [-0.25, -0.2) is 4.79 Å². The van der Waals surface area contributed by atoms with E-state index in [0.717, 1.165) is 21.6 Å². The molecule has 0 unspecified atom stereocenters. The Kier molecular flexibility index (Phi) is 5.80. The van der Waals surface area contributed by atoms with Crippen LogP contribution in [0.25, 0.3) is 11.1 Å². The molecule has 0 bridgehead atoms. The molecule has 6 nitrogen and oxygen atoms in total. The molecule has 7 heteroatoms. The van der Waals surface area contributed by atoms with Crippen molar-refractivity contribution in [1.82, 2.24) is 10.6 Å². The minimum Gasteiger partial charge on any atom is -0.493 e. The summed E-state index contributed by atoms with van der Waals surface area (Å²) in [5.74, 6) is 1.30. The molecule has 0 atom stereocenters. The van der Waals surface area contributed by atoms with E-state index in [1.54, 1.807) is 38.1 Å². The smallest absolute Gasteiger partial charge is 0.315 e. The summed E-state index contributed by atoms with van der Waals surface area (Å²) in [6.45, 7) is 0.872. The molecule has 2 aromatic heterocycles. The van der Waals surface area contributed by atoms with Crippen molar-refractivity contribution in [3.8, 4) is 22.6 Å². The fourth-order valence-corrected chi connectivity index (χ4v) is 3.29. The van der Waals surface area contributed by atoms with Gasteiger partial charge in [0.1, 0.15) is 0 Å². The van der Waals surface area contributed by atoms with Gasteiger partial charge in [-0.2, -0.15) is 0 Å². The van der Waals surface area contributed by atoms with E-state index >= 15 is 0 Å². The predicted molar refractivity (Wildman–Crippen MR) is 101 cm³/mol. The van der Waals surface area contributed by atoms with Crippen LogP contribution in [0.5, 0.6) is 11.5 Å². The Labute approximate surface area is 155 Å². The van der Waals surface area contributed by atoms with Crippen LogP contribution in [0.3, 0.4) is 0 Å². The van der Waals surface area contributed by atoms with Gasteiger partial charge in [0.15, 0.2) is 11.5 Å². The summed E-state index contributed by atoms with van der Waals surface area (Å²) in [4.78, 5) is 13.1. The number of nitrogens with one attached hydrogen (secondary N) is 2. The zero-order valence-electron chi connectivity index (χ0n) is 14.6. The topological polar surface area (TPSA) is 72.7 Å². The highest BCUT2D eigenvalue weighted by Crippen LogP contribution is 2.27. The van der Waals surface area contributed by atoms with Crippen LogP contribution in [-0.4, -0.2) is 20.3 Å². The Bertz CT molecular complexity index is 858.